The van der Waals surface area contributed by atoms with Crippen molar-refractivity contribution in [3.05, 3.63) is 35.4 Å². The highest BCUT2D eigenvalue weighted by Crippen LogP contribution is 2.33. The lowest BCUT2D eigenvalue weighted by Gasteiger charge is -2.16. The Bertz CT molecular complexity index is 503. The number of hydrogen-bond acceptors (Lipinski definition) is 2. The van der Waals surface area contributed by atoms with Crippen LogP contribution < -0.4 is 11.1 Å². The van der Waals surface area contributed by atoms with Crippen LogP contribution in [0.25, 0.3) is 0 Å². The van der Waals surface area contributed by atoms with E-state index in [4.69, 9.17) is 18.0 Å². The molecule has 0 spiro atoms. The molecule has 1 atom stereocenters. The molecule has 1 saturated carbocycles. The van der Waals surface area contributed by atoms with Crippen LogP contribution in [0.15, 0.2) is 18.2 Å². The van der Waals surface area contributed by atoms with Crippen LogP contribution in [0.2, 0.25) is 0 Å². The Labute approximate surface area is 108 Å². The number of carbonyl (C=O) groups is 1. The third-order valence-electron chi connectivity index (χ3n) is 2.86. The molecule has 18 heavy (non-hydrogen) atoms. The molecular weight excluding hydrogens is 258 g/mol. The Morgan fingerprint density at radius 3 is 2.67 bits per heavy atom. The molecule has 0 radical (unpaired) electrons. The summed E-state index contributed by atoms with van der Waals surface area (Å²) in [6.07, 6.45) is 1.85. The molecule has 1 aromatic carbocycles. The predicted molar refractivity (Wildman–Crippen MR) is 67.1 cm³/mol. The van der Waals surface area contributed by atoms with E-state index in [0.29, 0.717) is 0 Å². The van der Waals surface area contributed by atoms with E-state index in [-0.39, 0.29) is 16.5 Å². The fraction of sp³-hybridized carbons (Fsp3) is 0.333. The zero-order valence-electron chi connectivity index (χ0n) is 9.45. The number of halogens is 2. The fourth-order valence-corrected chi connectivity index (χ4v) is 1.99. The molecule has 2 rings (SSSR count). The normalized spacial score (nSPS) is 16.1. The van der Waals surface area contributed by atoms with Gasteiger partial charge in [-0.25, -0.2) is 8.78 Å². The zero-order chi connectivity index (χ0) is 13.3. The molecule has 1 unspecified atom stereocenters. The van der Waals surface area contributed by atoms with E-state index in [1.807, 2.05) is 0 Å². The summed E-state index contributed by atoms with van der Waals surface area (Å²) in [5, 5.41) is 2.55. The quantitative estimate of drug-likeness (QED) is 0.820. The van der Waals surface area contributed by atoms with Gasteiger partial charge in [-0.05, 0) is 37.0 Å². The summed E-state index contributed by atoms with van der Waals surface area (Å²) in [5.74, 6) is -1.92. The van der Waals surface area contributed by atoms with Gasteiger partial charge in [-0.3, -0.25) is 4.79 Å². The Balaban J connectivity index is 2.15. The van der Waals surface area contributed by atoms with Gasteiger partial charge >= 0.3 is 0 Å². The highest BCUT2D eigenvalue weighted by atomic mass is 32.1. The first-order valence-electron chi connectivity index (χ1n) is 5.54. The molecule has 6 heteroatoms. The van der Waals surface area contributed by atoms with Crippen molar-refractivity contribution >= 4 is 23.1 Å². The number of rotatable bonds is 4. The molecule has 1 fully saturated rings. The standard InChI is InChI=1S/C12H12F2N2OS/c13-7-3-4-9(14)8(5-7)12(17)16-10(11(15)18)6-1-2-6/h3-6,10H,1-2H2,(H2,15,18)(H,16,17). The smallest absolute Gasteiger partial charge is 0.254 e. The number of thiocarbonyl (C=S) groups is 1. The van der Waals surface area contributed by atoms with Crippen molar-refractivity contribution in [2.24, 2.45) is 11.7 Å². The summed E-state index contributed by atoms with van der Waals surface area (Å²) in [4.78, 5) is 12.0. The van der Waals surface area contributed by atoms with Gasteiger partial charge in [0, 0.05) is 0 Å². The number of hydrogen-bond donors (Lipinski definition) is 2. The number of nitrogens with two attached hydrogens (primary N) is 1. The molecule has 96 valence electrons. The number of nitrogens with one attached hydrogen (secondary N) is 1. The number of amides is 1. The molecule has 3 nitrogen and oxygen atoms in total. The molecule has 0 aliphatic heterocycles. The van der Waals surface area contributed by atoms with Gasteiger partial charge < -0.3 is 11.1 Å². The molecular formula is C12H12F2N2OS. The van der Waals surface area contributed by atoms with Gasteiger partial charge in [-0.1, -0.05) is 12.2 Å². The third-order valence-corrected chi connectivity index (χ3v) is 3.11. The van der Waals surface area contributed by atoms with Crippen LogP contribution in [-0.2, 0) is 0 Å². The molecule has 1 aromatic rings. The number of benzene rings is 1. The van der Waals surface area contributed by atoms with Crippen molar-refractivity contribution in [3.63, 3.8) is 0 Å². The second kappa shape index (κ2) is 4.97. The van der Waals surface area contributed by atoms with Gasteiger partial charge in [0.25, 0.3) is 5.91 Å². The average molecular weight is 270 g/mol. The second-order valence-corrected chi connectivity index (χ2v) is 4.79. The average Bonchev–Trinajstić information content (AvgIpc) is 3.12. The Kier molecular flexibility index (Phi) is 3.56. The SMILES string of the molecule is NC(=S)C(NC(=O)c1cc(F)ccc1F)C1CC1. The van der Waals surface area contributed by atoms with Crippen molar-refractivity contribution < 1.29 is 13.6 Å². The van der Waals surface area contributed by atoms with Crippen molar-refractivity contribution in [1.29, 1.82) is 0 Å². The van der Waals surface area contributed by atoms with Crippen molar-refractivity contribution in [2.75, 3.05) is 0 Å². The summed E-state index contributed by atoms with van der Waals surface area (Å²) < 4.78 is 26.4. The maximum atomic E-state index is 13.4. The molecule has 0 bridgehead atoms. The van der Waals surface area contributed by atoms with E-state index >= 15 is 0 Å². The minimum Gasteiger partial charge on any atom is -0.392 e. The summed E-state index contributed by atoms with van der Waals surface area (Å²) >= 11 is 4.86. The van der Waals surface area contributed by atoms with Crippen LogP contribution in [-0.4, -0.2) is 16.9 Å². The van der Waals surface area contributed by atoms with Crippen LogP contribution >= 0.6 is 12.2 Å². The van der Waals surface area contributed by atoms with E-state index < -0.39 is 23.6 Å². The van der Waals surface area contributed by atoms with E-state index in [0.717, 1.165) is 31.0 Å². The van der Waals surface area contributed by atoms with Crippen molar-refractivity contribution in [3.8, 4) is 0 Å². The van der Waals surface area contributed by atoms with Crippen molar-refractivity contribution in [2.45, 2.75) is 18.9 Å². The molecule has 0 heterocycles. The van der Waals surface area contributed by atoms with Crippen LogP contribution in [0.1, 0.15) is 23.2 Å². The first-order valence-corrected chi connectivity index (χ1v) is 5.95. The summed E-state index contributed by atoms with van der Waals surface area (Å²) in [6, 6.07) is 2.28. The van der Waals surface area contributed by atoms with E-state index in [2.05, 4.69) is 5.32 Å². The molecule has 0 aromatic heterocycles. The van der Waals surface area contributed by atoms with E-state index in [1.165, 1.54) is 0 Å². The van der Waals surface area contributed by atoms with Crippen LogP contribution in [0.4, 0.5) is 8.78 Å². The third kappa shape index (κ3) is 2.81. The molecule has 1 amide bonds. The largest absolute Gasteiger partial charge is 0.392 e. The lowest BCUT2D eigenvalue weighted by molar-refractivity contribution is 0.0939. The Hall–Kier alpha value is -1.56. The van der Waals surface area contributed by atoms with Gasteiger partial charge in [0.2, 0.25) is 0 Å². The van der Waals surface area contributed by atoms with Gasteiger partial charge in [-0.15, -0.1) is 0 Å². The fourth-order valence-electron chi connectivity index (χ4n) is 1.74. The monoisotopic (exact) mass is 270 g/mol. The van der Waals surface area contributed by atoms with E-state index in [9.17, 15) is 13.6 Å². The molecule has 1 aliphatic carbocycles. The lowest BCUT2D eigenvalue weighted by atomic mass is 10.1. The lowest BCUT2D eigenvalue weighted by Crippen LogP contribution is -2.45. The highest BCUT2D eigenvalue weighted by molar-refractivity contribution is 7.80. The first-order chi connectivity index (χ1) is 8.49. The topological polar surface area (TPSA) is 55.1 Å². The first kappa shape index (κ1) is 12.9. The minimum atomic E-state index is -0.772. The minimum absolute atomic E-state index is 0.169. The van der Waals surface area contributed by atoms with Crippen LogP contribution in [0.5, 0.6) is 0 Å². The Morgan fingerprint density at radius 2 is 2.11 bits per heavy atom. The van der Waals surface area contributed by atoms with Crippen LogP contribution in [0.3, 0.4) is 0 Å². The van der Waals surface area contributed by atoms with Gasteiger partial charge in [0.15, 0.2) is 0 Å². The molecule has 3 N–H and O–H groups in total. The summed E-state index contributed by atoms with van der Waals surface area (Å²) in [7, 11) is 0. The summed E-state index contributed by atoms with van der Waals surface area (Å²) in [6.45, 7) is 0. The van der Waals surface area contributed by atoms with Gasteiger partial charge in [0.05, 0.1) is 16.6 Å². The Morgan fingerprint density at radius 1 is 1.44 bits per heavy atom. The summed E-state index contributed by atoms with van der Waals surface area (Å²) in [5.41, 5.74) is 5.18. The molecule has 1 aliphatic rings. The van der Waals surface area contributed by atoms with Gasteiger partial charge in [-0.2, -0.15) is 0 Å². The predicted octanol–water partition coefficient (Wildman–Crippen LogP) is 1.76. The van der Waals surface area contributed by atoms with E-state index in [1.54, 1.807) is 0 Å². The van der Waals surface area contributed by atoms with Crippen LogP contribution in [0, 0.1) is 17.6 Å². The maximum Gasteiger partial charge on any atom is 0.254 e. The number of carbonyl (C=O) groups excluding carboxylic acids is 1. The second-order valence-electron chi connectivity index (χ2n) is 4.32. The highest BCUT2D eigenvalue weighted by Gasteiger charge is 2.34. The van der Waals surface area contributed by atoms with Crippen molar-refractivity contribution in [1.82, 2.24) is 5.32 Å². The van der Waals surface area contributed by atoms with Gasteiger partial charge in [0.1, 0.15) is 11.6 Å². The maximum absolute atomic E-state index is 13.4. The molecule has 0 saturated heterocycles. The zero-order valence-corrected chi connectivity index (χ0v) is 10.3.